The van der Waals surface area contributed by atoms with Gasteiger partial charge in [0.15, 0.2) is 0 Å². The highest BCUT2D eigenvalue weighted by molar-refractivity contribution is 5.75. The molecule has 1 rings (SSSR count). The van der Waals surface area contributed by atoms with Gasteiger partial charge in [0.1, 0.15) is 0 Å². The van der Waals surface area contributed by atoms with E-state index in [2.05, 4.69) is 18.7 Å². The summed E-state index contributed by atoms with van der Waals surface area (Å²) in [6, 6.07) is 0.523. The fourth-order valence-electron chi connectivity index (χ4n) is 2.02. The van der Waals surface area contributed by atoms with Crippen LogP contribution < -0.4 is 5.73 Å². The summed E-state index contributed by atoms with van der Waals surface area (Å²) in [6.45, 7) is 5.86. The molecule has 1 aliphatic rings. The van der Waals surface area contributed by atoms with Gasteiger partial charge in [-0.25, -0.2) is 0 Å². The number of rotatable bonds is 3. The molecular weight excluding hydrogens is 164 g/mol. The molecule has 0 aliphatic carbocycles. The van der Waals surface area contributed by atoms with Gasteiger partial charge in [0, 0.05) is 12.6 Å². The van der Waals surface area contributed by atoms with E-state index in [1.165, 1.54) is 19.3 Å². The minimum Gasteiger partial charge on any atom is -0.369 e. The van der Waals surface area contributed by atoms with Crippen molar-refractivity contribution < 1.29 is 4.79 Å². The molecular formula is C10H20N2O. The molecule has 3 heteroatoms. The molecule has 0 aromatic heterocycles. The maximum absolute atomic E-state index is 10.8. The molecule has 0 aromatic carbocycles. The minimum absolute atomic E-state index is 0.205. The number of nitrogens with two attached hydrogens (primary N) is 1. The van der Waals surface area contributed by atoms with Crippen LogP contribution in [-0.4, -0.2) is 29.9 Å². The highest BCUT2D eigenvalue weighted by Crippen LogP contribution is 2.23. The first-order valence-electron chi connectivity index (χ1n) is 5.15. The van der Waals surface area contributed by atoms with Crippen molar-refractivity contribution in [3.8, 4) is 0 Å². The molecule has 3 nitrogen and oxygen atoms in total. The van der Waals surface area contributed by atoms with Gasteiger partial charge < -0.3 is 5.73 Å². The zero-order chi connectivity index (χ0) is 9.84. The van der Waals surface area contributed by atoms with E-state index in [0.29, 0.717) is 12.6 Å². The van der Waals surface area contributed by atoms with E-state index < -0.39 is 0 Å². The van der Waals surface area contributed by atoms with Crippen molar-refractivity contribution in [3.63, 3.8) is 0 Å². The maximum atomic E-state index is 10.8. The zero-order valence-corrected chi connectivity index (χ0v) is 8.62. The number of carbonyl (C=O) groups is 1. The Balaban J connectivity index is 2.44. The van der Waals surface area contributed by atoms with Gasteiger partial charge in [-0.15, -0.1) is 0 Å². The molecule has 0 saturated carbocycles. The summed E-state index contributed by atoms with van der Waals surface area (Å²) in [5, 5.41) is 0. The normalized spacial score (nSPS) is 30.3. The fourth-order valence-corrected chi connectivity index (χ4v) is 2.02. The highest BCUT2D eigenvalue weighted by atomic mass is 16.1. The predicted molar refractivity (Wildman–Crippen MR) is 53.2 cm³/mol. The summed E-state index contributed by atoms with van der Waals surface area (Å²) in [4.78, 5) is 13.0. The van der Waals surface area contributed by atoms with Gasteiger partial charge in [0.05, 0.1) is 6.54 Å². The average molecular weight is 184 g/mol. The first-order chi connectivity index (χ1) is 6.13. The number of carbonyl (C=O) groups excluding carboxylic acids is 1. The number of amides is 1. The van der Waals surface area contributed by atoms with E-state index in [-0.39, 0.29) is 5.91 Å². The van der Waals surface area contributed by atoms with Crippen LogP contribution in [0.2, 0.25) is 0 Å². The number of primary amides is 1. The molecule has 0 spiro atoms. The zero-order valence-electron chi connectivity index (χ0n) is 8.62. The van der Waals surface area contributed by atoms with E-state index in [1.54, 1.807) is 0 Å². The van der Waals surface area contributed by atoms with Crippen molar-refractivity contribution >= 4 is 5.91 Å². The Bertz CT molecular complexity index is 182. The summed E-state index contributed by atoms with van der Waals surface area (Å²) in [6.07, 6.45) is 3.71. The van der Waals surface area contributed by atoms with Crippen molar-refractivity contribution in [2.24, 2.45) is 11.7 Å². The van der Waals surface area contributed by atoms with Crippen LogP contribution in [0.3, 0.4) is 0 Å². The Morgan fingerprint density at radius 1 is 1.54 bits per heavy atom. The van der Waals surface area contributed by atoms with Gasteiger partial charge >= 0.3 is 0 Å². The third kappa shape index (κ3) is 2.99. The summed E-state index contributed by atoms with van der Waals surface area (Å²) in [5.74, 6) is 0.555. The number of hydrogen-bond acceptors (Lipinski definition) is 2. The molecule has 1 fully saturated rings. The predicted octanol–water partition coefficient (Wildman–Crippen LogP) is 0.982. The van der Waals surface area contributed by atoms with Crippen LogP contribution in [0.25, 0.3) is 0 Å². The first-order valence-corrected chi connectivity index (χ1v) is 5.15. The molecule has 76 valence electrons. The van der Waals surface area contributed by atoms with Gasteiger partial charge in [0.25, 0.3) is 0 Å². The van der Waals surface area contributed by atoms with E-state index in [1.807, 2.05) is 0 Å². The molecule has 0 radical (unpaired) electrons. The minimum atomic E-state index is -0.205. The Hall–Kier alpha value is -0.570. The Morgan fingerprint density at radius 3 is 2.77 bits per heavy atom. The van der Waals surface area contributed by atoms with Crippen LogP contribution in [0.1, 0.15) is 33.1 Å². The molecule has 0 bridgehead atoms. The number of likely N-dealkylation sites (tertiary alicyclic amines) is 1. The van der Waals surface area contributed by atoms with E-state index in [0.717, 1.165) is 12.5 Å². The molecule has 1 saturated heterocycles. The third-order valence-electron chi connectivity index (χ3n) is 3.05. The van der Waals surface area contributed by atoms with Crippen molar-refractivity contribution in [1.82, 2.24) is 4.90 Å². The smallest absolute Gasteiger partial charge is 0.231 e. The van der Waals surface area contributed by atoms with Crippen LogP contribution in [0.15, 0.2) is 0 Å². The maximum Gasteiger partial charge on any atom is 0.231 e. The Labute approximate surface area is 80.3 Å². The molecule has 2 N–H and O–H groups in total. The van der Waals surface area contributed by atoms with Gasteiger partial charge in [-0.2, -0.15) is 0 Å². The lowest BCUT2D eigenvalue weighted by Crippen LogP contribution is -2.45. The second-order valence-corrected chi connectivity index (χ2v) is 4.10. The van der Waals surface area contributed by atoms with Crippen LogP contribution in [-0.2, 0) is 4.79 Å². The molecule has 1 heterocycles. The summed E-state index contributed by atoms with van der Waals surface area (Å²) in [5.41, 5.74) is 5.19. The quantitative estimate of drug-likeness (QED) is 0.710. The molecule has 0 unspecified atom stereocenters. The van der Waals surface area contributed by atoms with Crippen LogP contribution >= 0.6 is 0 Å². The molecule has 13 heavy (non-hydrogen) atoms. The van der Waals surface area contributed by atoms with Crippen molar-refractivity contribution in [1.29, 1.82) is 0 Å². The van der Waals surface area contributed by atoms with Gasteiger partial charge in [-0.1, -0.05) is 13.3 Å². The topological polar surface area (TPSA) is 46.3 Å². The average Bonchev–Trinajstić information content (AvgIpc) is 2.08. The van der Waals surface area contributed by atoms with Crippen LogP contribution in [0.5, 0.6) is 0 Å². The number of hydrogen-bond donors (Lipinski definition) is 1. The van der Waals surface area contributed by atoms with E-state index >= 15 is 0 Å². The van der Waals surface area contributed by atoms with Gasteiger partial charge in [-0.05, 0) is 25.7 Å². The lowest BCUT2D eigenvalue weighted by atomic mass is 9.91. The third-order valence-corrected chi connectivity index (χ3v) is 3.05. The van der Waals surface area contributed by atoms with Gasteiger partial charge in [-0.3, -0.25) is 9.69 Å². The van der Waals surface area contributed by atoms with Crippen LogP contribution in [0, 0.1) is 5.92 Å². The standard InChI is InChI=1S/C10H20N2O/c1-3-9-5-4-8(2)12(6-9)7-10(11)13/h8-9H,3-7H2,1-2H3,(H2,11,13)/t8-,9-/m1/s1. The lowest BCUT2D eigenvalue weighted by molar-refractivity contribution is -0.120. The number of nitrogens with zero attached hydrogens (tertiary/aromatic N) is 1. The van der Waals surface area contributed by atoms with Crippen LogP contribution in [0.4, 0.5) is 0 Å². The summed E-state index contributed by atoms with van der Waals surface area (Å²) < 4.78 is 0. The first kappa shape index (κ1) is 10.5. The molecule has 1 amide bonds. The summed E-state index contributed by atoms with van der Waals surface area (Å²) in [7, 11) is 0. The summed E-state index contributed by atoms with van der Waals surface area (Å²) >= 11 is 0. The SMILES string of the molecule is CC[C@@H]1CC[C@@H](C)N(CC(N)=O)C1. The molecule has 2 atom stereocenters. The fraction of sp³-hybridized carbons (Fsp3) is 0.900. The van der Waals surface area contributed by atoms with Gasteiger partial charge in [0.2, 0.25) is 5.91 Å². The van der Waals surface area contributed by atoms with E-state index in [9.17, 15) is 4.79 Å². The lowest BCUT2D eigenvalue weighted by Gasteiger charge is -2.36. The second kappa shape index (κ2) is 4.61. The van der Waals surface area contributed by atoms with Crippen molar-refractivity contribution in [3.05, 3.63) is 0 Å². The molecule has 1 aliphatic heterocycles. The van der Waals surface area contributed by atoms with E-state index in [4.69, 9.17) is 5.73 Å². The second-order valence-electron chi connectivity index (χ2n) is 4.10. The molecule has 0 aromatic rings. The monoisotopic (exact) mass is 184 g/mol. The highest BCUT2D eigenvalue weighted by Gasteiger charge is 2.24. The largest absolute Gasteiger partial charge is 0.369 e. The van der Waals surface area contributed by atoms with Crippen molar-refractivity contribution in [2.75, 3.05) is 13.1 Å². The Kier molecular flexibility index (Phi) is 3.72. The van der Waals surface area contributed by atoms with Crippen molar-refractivity contribution in [2.45, 2.75) is 39.2 Å². The Morgan fingerprint density at radius 2 is 2.23 bits per heavy atom. The number of piperidine rings is 1.